The Morgan fingerprint density at radius 1 is 0.210 bits per heavy atom. The molecule has 0 bridgehead atoms. The highest BCUT2D eigenvalue weighted by Gasteiger charge is 2.23. The van der Waals surface area contributed by atoms with Crippen LogP contribution in [0.2, 0.25) is 0 Å². The van der Waals surface area contributed by atoms with Gasteiger partial charge in [0, 0.05) is 24.8 Å². The summed E-state index contributed by atoms with van der Waals surface area (Å²) in [5.74, 6) is 0. The van der Waals surface area contributed by atoms with Crippen molar-refractivity contribution >= 4 is 53.9 Å². The van der Waals surface area contributed by atoms with Crippen molar-refractivity contribution in [3.05, 3.63) is 231 Å². The summed E-state index contributed by atoms with van der Waals surface area (Å²) >= 11 is 0. The van der Waals surface area contributed by atoms with Gasteiger partial charge in [-0.05, 0) is 169 Å². The van der Waals surface area contributed by atoms with E-state index in [0.717, 1.165) is 22.3 Å². The Hall–Kier alpha value is -8.20. The van der Waals surface area contributed by atoms with Crippen LogP contribution in [0.5, 0.6) is 0 Å². The van der Waals surface area contributed by atoms with Crippen molar-refractivity contribution < 1.29 is 0 Å². The topological polar surface area (TPSA) is 25.8 Å². The molecule has 288 valence electrons. The molecule has 62 heavy (non-hydrogen) atoms. The van der Waals surface area contributed by atoms with E-state index in [1.54, 1.807) is 0 Å². The van der Waals surface area contributed by atoms with Gasteiger partial charge in [-0.2, -0.15) is 0 Å². The van der Waals surface area contributed by atoms with Crippen LogP contribution in [0.1, 0.15) is 0 Å². The number of hydrogen-bond donors (Lipinski definition) is 0. The van der Waals surface area contributed by atoms with Gasteiger partial charge in [-0.3, -0.25) is 9.97 Å². The highest BCUT2D eigenvalue weighted by atomic mass is 14.6. The van der Waals surface area contributed by atoms with Crippen LogP contribution < -0.4 is 0 Å². The van der Waals surface area contributed by atoms with Gasteiger partial charge in [-0.15, -0.1) is 0 Å². The molecule has 0 saturated heterocycles. The number of benzene rings is 10. The number of pyridine rings is 2. The first kappa shape index (κ1) is 35.7. The Kier molecular flexibility index (Phi) is 8.53. The summed E-state index contributed by atoms with van der Waals surface area (Å²) in [6.07, 6.45) is 7.49. The van der Waals surface area contributed by atoms with E-state index in [1.165, 1.54) is 98.4 Å². The fraction of sp³-hybridized carbons (Fsp3) is 0. The van der Waals surface area contributed by atoms with Crippen molar-refractivity contribution in [1.82, 2.24) is 9.97 Å². The molecule has 0 aliphatic carbocycles. The van der Waals surface area contributed by atoms with Crippen LogP contribution in [0.3, 0.4) is 0 Å². The van der Waals surface area contributed by atoms with Crippen molar-refractivity contribution in [2.75, 3.05) is 0 Å². The molecule has 0 amide bonds. The highest BCUT2D eigenvalue weighted by molar-refractivity contribution is 6.30. The highest BCUT2D eigenvalue weighted by Crippen LogP contribution is 2.51. The van der Waals surface area contributed by atoms with Gasteiger partial charge >= 0.3 is 0 Å². The third-order valence-corrected chi connectivity index (χ3v) is 12.6. The molecule has 2 heterocycles. The summed E-state index contributed by atoms with van der Waals surface area (Å²) in [4.78, 5) is 8.64. The van der Waals surface area contributed by atoms with Crippen LogP contribution in [0.4, 0.5) is 0 Å². The van der Waals surface area contributed by atoms with E-state index in [4.69, 9.17) is 0 Å². The van der Waals surface area contributed by atoms with E-state index in [-0.39, 0.29) is 0 Å². The number of nitrogens with zero attached hydrogens (tertiary/aromatic N) is 2. The molecule has 0 saturated carbocycles. The van der Waals surface area contributed by atoms with Crippen molar-refractivity contribution in [3.63, 3.8) is 0 Å². The largest absolute Gasteiger partial charge is 0.265 e. The third-order valence-electron chi connectivity index (χ3n) is 12.6. The van der Waals surface area contributed by atoms with Gasteiger partial charge < -0.3 is 0 Å². The molecule has 0 radical (unpaired) electrons. The maximum atomic E-state index is 4.32. The average molecular weight is 787 g/mol. The summed E-state index contributed by atoms with van der Waals surface area (Å²) < 4.78 is 0. The van der Waals surface area contributed by atoms with Crippen LogP contribution >= 0.6 is 0 Å². The fourth-order valence-corrected chi connectivity index (χ4v) is 9.90. The lowest BCUT2D eigenvalue weighted by Crippen LogP contribution is -1.95. The quantitative estimate of drug-likeness (QED) is 0.124. The molecule has 10 aromatic carbocycles. The van der Waals surface area contributed by atoms with Gasteiger partial charge in [-0.25, -0.2) is 0 Å². The van der Waals surface area contributed by atoms with E-state index in [2.05, 4.69) is 216 Å². The monoisotopic (exact) mass is 786 g/mol. The number of rotatable bonds is 6. The SMILES string of the molecule is c1ccc(-c2c(-c3cccc4ccccc34)c3ccccc3c3cc4c(-c5cccc(-c6ccncc6)c5)c5ccccc5c(-c5cccc(-c6ccncc6)c5)c4cc23)cc1. The third kappa shape index (κ3) is 5.88. The standard InChI is InChI=1S/C60H38N2/c1-2-14-42(15-3-1)59-54-38-56-55(37-53(54)48-22-6-7-23-50(48)60(59)49-26-12-16-41-13-4-5-21-47(41)49)57(45-19-10-17-43(35-45)39-27-31-61-32-28-39)51-24-8-9-25-52(51)58(56)46-20-11-18-44(36-46)40-29-33-62-34-30-40/h1-38H. The van der Waals surface area contributed by atoms with Gasteiger partial charge in [-0.1, -0.05) is 158 Å². The molecule has 12 aromatic rings. The number of hydrogen-bond acceptors (Lipinski definition) is 2. The fourth-order valence-electron chi connectivity index (χ4n) is 9.90. The summed E-state index contributed by atoms with van der Waals surface area (Å²) in [7, 11) is 0. The zero-order valence-corrected chi connectivity index (χ0v) is 33.8. The van der Waals surface area contributed by atoms with Crippen LogP contribution in [-0.4, -0.2) is 9.97 Å². The summed E-state index contributed by atoms with van der Waals surface area (Å²) in [6, 6.07) is 76.0. The van der Waals surface area contributed by atoms with Crippen molar-refractivity contribution in [2.24, 2.45) is 0 Å². The molecule has 0 atom stereocenters. The van der Waals surface area contributed by atoms with Gasteiger partial charge in [0.05, 0.1) is 0 Å². The minimum Gasteiger partial charge on any atom is -0.265 e. The van der Waals surface area contributed by atoms with Crippen LogP contribution in [0.15, 0.2) is 231 Å². The van der Waals surface area contributed by atoms with Gasteiger partial charge in [0.1, 0.15) is 0 Å². The average Bonchev–Trinajstić information content (AvgIpc) is 3.35. The number of fused-ring (bicyclic) bond motifs is 6. The van der Waals surface area contributed by atoms with Crippen molar-refractivity contribution in [1.29, 1.82) is 0 Å². The minimum absolute atomic E-state index is 1.14. The molecule has 2 nitrogen and oxygen atoms in total. The maximum absolute atomic E-state index is 4.32. The van der Waals surface area contributed by atoms with E-state index < -0.39 is 0 Å². The summed E-state index contributed by atoms with van der Waals surface area (Å²) in [5.41, 5.74) is 14.3. The molecule has 2 heteroatoms. The Balaban J connectivity index is 1.28. The first-order valence-corrected chi connectivity index (χ1v) is 21.2. The molecule has 0 fully saturated rings. The molecular formula is C60H38N2. The van der Waals surface area contributed by atoms with Crippen LogP contribution in [0.25, 0.3) is 121 Å². The Morgan fingerprint density at radius 3 is 1.23 bits per heavy atom. The minimum atomic E-state index is 1.14. The van der Waals surface area contributed by atoms with E-state index >= 15 is 0 Å². The van der Waals surface area contributed by atoms with Crippen LogP contribution in [0, 0.1) is 0 Å². The second-order valence-electron chi connectivity index (χ2n) is 16.1. The molecule has 12 rings (SSSR count). The van der Waals surface area contributed by atoms with Crippen LogP contribution in [-0.2, 0) is 0 Å². The molecule has 0 aliphatic heterocycles. The molecular weight excluding hydrogens is 749 g/mol. The second kappa shape index (κ2) is 14.8. The molecule has 0 N–H and O–H groups in total. The van der Waals surface area contributed by atoms with E-state index in [9.17, 15) is 0 Å². The smallest absolute Gasteiger partial charge is 0.0273 e. The molecule has 0 unspecified atom stereocenters. The van der Waals surface area contributed by atoms with Gasteiger partial charge in [0.15, 0.2) is 0 Å². The van der Waals surface area contributed by atoms with Crippen molar-refractivity contribution in [3.8, 4) is 66.8 Å². The Bertz CT molecular complexity index is 3660. The van der Waals surface area contributed by atoms with E-state index in [0.29, 0.717) is 0 Å². The first-order chi connectivity index (χ1) is 30.8. The number of aromatic nitrogens is 2. The second-order valence-corrected chi connectivity index (χ2v) is 16.1. The predicted molar refractivity (Wildman–Crippen MR) is 262 cm³/mol. The van der Waals surface area contributed by atoms with Gasteiger partial charge in [0.25, 0.3) is 0 Å². The Morgan fingerprint density at radius 2 is 0.629 bits per heavy atom. The zero-order chi connectivity index (χ0) is 41.0. The molecule has 2 aromatic heterocycles. The van der Waals surface area contributed by atoms with E-state index in [1.807, 2.05) is 24.8 Å². The zero-order valence-electron chi connectivity index (χ0n) is 33.8. The first-order valence-electron chi connectivity index (χ1n) is 21.2. The lowest BCUT2D eigenvalue weighted by molar-refractivity contribution is 1.33. The molecule has 0 spiro atoms. The molecule has 0 aliphatic rings. The van der Waals surface area contributed by atoms with Crippen molar-refractivity contribution in [2.45, 2.75) is 0 Å². The predicted octanol–water partition coefficient (Wildman–Crippen LogP) is 16.2. The maximum Gasteiger partial charge on any atom is 0.0273 e. The lowest BCUT2D eigenvalue weighted by Gasteiger charge is -2.23. The normalized spacial score (nSPS) is 11.5. The van der Waals surface area contributed by atoms with Gasteiger partial charge in [0.2, 0.25) is 0 Å². The Labute approximate surface area is 360 Å². The summed E-state index contributed by atoms with van der Waals surface area (Å²) in [6.45, 7) is 0. The summed E-state index contributed by atoms with van der Waals surface area (Å²) in [5, 5.41) is 12.3. The lowest BCUT2D eigenvalue weighted by atomic mass is 9.80.